The second kappa shape index (κ2) is 6.24. The summed E-state index contributed by atoms with van der Waals surface area (Å²) in [6, 6.07) is 0. The van der Waals surface area contributed by atoms with Gasteiger partial charge < -0.3 is 5.11 Å². The van der Waals surface area contributed by atoms with Crippen molar-refractivity contribution in [3.63, 3.8) is 0 Å². The molecule has 0 bridgehead atoms. The van der Waals surface area contributed by atoms with Gasteiger partial charge in [0, 0.05) is 18.7 Å². The topological polar surface area (TPSA) is 84.2 Å². The number of hydrogen-bond acceptors (Lipinski definition) is 4. The molecule has 116 valence electrons. The first-order valence-electron chi connectivity index (χ1n) is 6.83. The fourth-order valence-corrected chi connectivity index (χ4v) is 3.89. The van der Waals surface area contributed by atoms with Gasteiger partial charge in [-0.25, -0.2) is 13.1 Å². The van der Waals surface area contributed by atoms with Crippen LogP contribution in [-0.2, 0) is 16.6 Å². The van der Waals surface area contributed by atoms with Crippen LogP contribution in [0.4, 0.5) is 0 Å². The monoisotopic (exact) mass is 303 g/mol. The van der Waals surface area contributed by atoms with Crippen LogP contribution in [0.1, 0.15) is 45.0 Å². The van der Waals surface area contributed by atoms with Gasteiger partial charge in [0.25, 0.3) is 0 Å². The first-order valence-corrected chi connectivity index (χ1v) is 8.32. The predicted molar refractivity (Wildman–Crippen MR) is 78.1 cm³/mol. The molecule has 1 rings (SSSR count). The van der Waals surface area contributed by atoms with Crippen molar-refractivity contribution in [2.75, 3.05) is 6.61 Å². The Labute approximate surface area is 121 Å². The number of nitrogens with zero attached hydrogens (tertiary/aromatic N) is 2. The highest BCUT2D eigenvalue weighted by molar-refractivity contribution is 7.89. The molecule has 0 fully saturated rings. The average molecular weight is 303 g/mol. The van der Waals surface area contributed by atoms with Crippen LogP contribution in [0, 0.1) is 13.8 Å². The Bertz CT molecular complexity index is 562. The first kappa shape index (κ1) is 17.1. The van der Waals surface area contributed by atoms with Gasteiger partial charge in [-0.2, -0.15) is 5.10 Å². The number of aliphatic hydroxyl groups is 1. The highest BCUT2D eigenvalue weighted by Gasteiger charge is 2.29. The Kier molecular flexibility index (Phi) is 5.34. The van der Waals surface area contributed by atoms with Crippen LogP contribution in [0.3, 0.4) is 0 Å². The van der Waals surface area contributed by atoms with Gasteiger partial charge in [-0.15, -0.1) is 0 Å². The van der Waals surface area contributed by atoms with Crippen LogP contribution in [0.2, 0.25) is 0 Å². The van der Waals surface area contributed by atoms with Crippen molar-refractivity contribution in [1.82, 2.24) is 14.5 Å². The molecule has 7 heteroatoms. The summed E-state index contributed by atoms with van der Waals surface area (Å²) < 4.78 is 29.4. The van der Waals surface area contributed by atoms with E-state index in [4.69, 9.17) is 5.11 Å². The number of aliphatic hydroxyl groups excluding tert-OH is 1. The van der Waals surface area contributed by atoms with Crippen LogP contribution >= 0.6 is 0 Å². The van der Waals surface area contributed by atoms with Crippen molar-refractivity contribution in [1.29, 1.82) is 0 Å². The van der Waals surface area contributed by atoms with Crippen molar-refractivity contribution in [3.05, 3.63) is 11.4 Å². The molecule has 6 nitrogen and oxygen atoms in total. The fourth-order valence-electron chi connectivity index (χ4n) is 1.99. The molecule has 0 aromatic carbocycles. The molecule has 1 aromatic rings. The van der Waals surface area contributed by atoms with E-state index in [2.05, 4.69) is 9.82 Å². The largest absolute Gasteiger partial charge is 0.396 e. The van der Waals surface area contributed by atoms with Crippen LogP contribution in [0.5, 0.6) is 0 Å². The molecule has 1 aromatic heterocycles. The summed E-state index contributed by atoms with van der Waals surface area (Å²) in [5.41, 5.74) is 0.598. The quantitative estimate of drug-likeness (QED) is 0.796. The maximum atomic E-state index is 12.5. The van der Waals surface area contributed by atoms with E-state index in [1.165, 1.54) is 0 Å². The Morgan fingerprint density at radius 3 is 2.45 bits per heavy atom. The molecular formula is C13H25N3O3S. The first-order chi connectivity index (χ1) is 9.14. The Balaban J connectivity index is 3.16. The molecular weight excluding hydrogens is 278 g/mol. The van der Waals surface area contributed by atoms with Gasteiger partial charge in [-0.3, -0.25) is 4.68 Å². The van der Waals surface area contributed by atoms with E-state index >= 15 is 0 Å². The van der Waals surface area contributed by atoms with Gasteiger partial charge in [0.05, 0.1) is 11.4 Å². The van der Waals surface area contributed by atoms with Gasteiger partial charge in [0.1, 0.15) is 4.90 Å². The summed E-state index contributed by atoms with van der Waals surface area (Å²) in [5, 5.41) is 13.1. The molecule has 20 heavy (non-hydrogen) atoms. The highest BCUT2D eigenvalue weighted by atomic mass is 32.2. The molecule has 0 radical (unpaired) electrons. The molecule has 0 aliphatic rings. The Hall–Kier alpha value is -0.920. The minimum absolute atomic E-state index is 0.0571. The summed E-state index contributed by atoms with van der Waals surface area (Å²) in [7, 11) is -3.59. The van der Waals surface area contributed by atoms with Crippen molar-refractivity contribution >= 4 is 10.0 Å². The van der Waals surface area contributed by atoms with E-state index < -0.39 is 15.6 Å². The number of hydrogen-bond donors (Lipinski definition) is 2. The van der Waals surface area contributed by atoms with Gasteiger partial charge >= 0.3 is 0 Å². The fraction of sp³-hybridized carbons (Fsp3) is 0.769. The van der Waals surface area contributed by atoms with Gasteiger partial charge in [-0.1, -0.05) is 6.92 Å². The lowest BCUT2D eigenvalue weighted by Crippen LogP contribution is -2.43. The summed E-state index contributed by atoms with van der Waals surface area (Å²) in [6.45, 7) is 9.64. The summed E-state index contributed by atoms with van der Waals surface area (Å²) in [6.07, 6.45) is 1.25. The van der Waals surface area contributed by atoms with Crippen molar-refractivity contribution in [2.24, 2.45) is 0 Å². The van der Waals surface area contributed by atoms with E-state index in [0.29, 0.717) is 30.8 Å². The number of rotatable bonds is 7. The van der Waals surface area contributed by atoms with E-state index in [1.54, 1.807) is 18.5 Å². The number of sulfonamides is 1. The zero-order valence-corrected chi connectivity index (χ0v) is 13.7. The van der Waals surface area contributed by atoms with E-state index in [0.717, 1.165) is 0 Å². The van der Waals surface area contributed by atoms with E-state index in [1.807, 2.05) is 20.8 Å². The molecule has 0 spiro atoms. The lowest BCUT2D eigenvalue weighted by Gasteiger charge is -2.24. The van der Waals surface area contributed by atoms with Crippen molar-refractivity contribution in [2.45, 2.75) is 64.4 Å². The molecule has 0 amide bonds. The third-order valence-corrected chi connectivity index (χ3v) is 5.36. The third-order valence-electron chi connectivity index (χ3n) is 3.41. The molecule has 0 saturated carbocycles. The van der Waals surface area contributed by atoms with Crippen molar-refractivity contribution < 1.29 is 13.5 Å². The predicted octanol–water partition coefficient (Wildman–Crippen LogP) is 1.35. The number of nitrogens with one attached hydrogen (secondary N) is 1. The average Bonchev–Trinajstić information content (AvgIpc) is 2.61. The van der Waals surface area contributed by atoms with Crippen LogP contribution in [0.15, 0.2) is 4.90 Å². The maximum Gasteiger partial charge on any atom is 0.244 e. The third kappa shape index (κ3) is 3.80. The van der Waals surface area contributed by atoms with Crippen molar-refractivity contribution in [3.8, 4) is 0 Å². The molecule has 1 heterocycles. The lowest BCUT2D eigenvalue weighted by atomic mass is 10.0. The van der Waals surface area contributed by atoms with Crippen LogP contribution < -0.4 is 4.72 Å². The lowest BCUT2D eigenvalue weighted by molar-refractivity contribution is 0.276. The molecule has 0 atom stereocenters. The van der Waals surface area contributed by atoms with Gasteiger partial charge in [0.15, 0.2) is 0 Å². The highest BCUT2D eigenvalue weighted by Crippen LogP contribution is 2.22. The smallest absolute Gasteiger partial charge is 0.244 e. The minimum Gasteiger partial charge on any atom is -0.396 e. The van der Waals surface area contributed by atoms with E-state index in [9.17, 15) is 8.42 Å². The van der Waals surface area contributed by atoms with Gasteiger partial charge in [0.2, 0.25) is 10.0 Å². The second-order valence-corrected chi connectivity index (χ2v) is 7.26. The summed E-state index contributed by atoms with van der Waals surface area (Å²) >= 11 is 0. The Morgan fingerprint density at radius 2 is 1.95 bits per heavy atom. The number of aryl methyl sites for hydroxylation is 2. The standard InChI is InChI=1S/C13H25N3O3S/c1-6-13(4,5)15-20(18,19)12-10(2)14-16(11(12)3)8-7-9-17/h15,17H,6-9H2,1-5H3. The molecule has 2 N–H and O–H groups in total. The van der Waals surface area contributed by atoms with E-state index in [-0.39, 0.29) is 11.5 Å². The van der Waals surface area contributed by atoms with Crippen LogP contribution in [0.25, 0.3) is 0 Å². The minimum atomic E-state index is -3.59. The maximum absolute atomic E-state index is 12.5. The zero-order valence-electron chi connectivity index (χ0n) is 12.9. The number of aromatic nitrogens is 2. The van der Waals surface area contributed by atoms with Gasteiger partial charge in [-0.05, 0) is 40.5 Å². The molecule has 0 unspecified atom stereocenters. The zero-order chi connectivity index (χ0) is 15.6. The molecule has 0 saturated heterocycles. The SMILES string of the molecule is CCC(C)(C)NS(=O)(=O)c1c(C)nn(CCCO)c1C. The molecule has 0 aliphatic heterocycles. The summed E-state index contributed by atoms with van der Waals surface area (Å²) in [4.78, 5) is 0.247. The molecule has 0 aliphatic carbocycles. The Morgan fingerprint density at radius 1 is 1.35 bits per heavy atom. The second-order valence-electron chi connectivity index (χ2n) is 5.64. The van der Waals surface area contributed by atoms with Crippen LogP contribution in [-0.4, -0.2) is 35.5 Å². The normalized spacial score (nSPS) is 12.9. The summed E-state index contributed by atoms with van der Waals surface area (Å²) in [5.74, 6) is 0.